The molecule has 3 rings (SSSR count). The first-order valence-corrected chi connectivity index (χ1v) is 9.99. The van der Waals surface area contributed by atoms with Crippen LogP contribution in [0, 0.1) is 5.82 Å². The molecule has 0 aromatic heterocycles. The molecule has 5 nitrogen and oxygen atoms in total. The molecule has 2 aromatic carbocycles. The molecule has 1 saturated heterocycles. The van der Waals surface area contributed by atoms with Gasteiger partial charge in [0.1, 0.15) is 5.82 Å². The number of carbonyl (C=O) groups excluding carboxylic acids is 2. The fourth-order valence-corrected chi connectivity index (χ4v) is 3.47. The zero-order valence-electron chi connectivity index (χ0n) is 16.7. The number of hydrogen-bond acceptors (Lipinski definition) is 2. The number of nitrogens with zero attached hydrogens (tertiary/aromatic N) is 1. The molecule has 152 valence electrons. The Hall–Kier alpha value is -2.99. The van der Waals surface area contributed by atoms with Crippen molar-refractivity contribution in [1.82, 2.24) is 4.90 Å². The Morgan fingerprint density at radius 1 is 1.10 bits per heavy atom. The van der Waals surface area contributed by atoms with E-state index in [2.05, 4.69) is 12.2 Å². The van der Waals surface area contributed by atoms with Gasteiger partial charge >= 0.3 is 0 Å². The number of hydrogen-bond donors (Lipinski definition) is 2. The van der Waals surface area contributed by atoms with E-state index >= 15 is 0 Å². The smallest absolute Gasteiger partial charge is 0.279 e. The summed E-state index contributed by atoms with van der Waals surface area (Å²) in [5.74, 6) is -0.491. The van der Waals surface area contributed by atoms with Gasteiger partial charge < -0.3 is 15.1 Å². The molecule has 6 heteroatoms. The quantitative estimate of drug-likeness (QED) is 0.732. The van der Waals surface area contributed by atoms with E-state index in [0.717, 1.165) is 22.6 Å². The molecule has 0 bridgehead atoms. The third kappa shape index (κ3) is 5.74. The number of quaternary nitrogens is 1. The number of halogens is 1. The van der Waals surface area contributed by atoms with Crippen LogP contribution in [0.3, 0.4) is 0 Å². The highest BCUT2D eigenvalue weighted by molar-refractivity contribution is 5.92. The summed E-state index contributed by atoms with van der Waals surface area (Å²) < 4.78 is 13.6. The monoisotopic (exact) mass is 396 g/mol. The molecule has 0 radical (unpaired) electrons. The Morgan fingerprint density at radius 3 is 2.52 bits per heavy atom. The highest BCUT2D eigenvalue weighted by atomic mass is 19.1. The first kappa shape index (κ1) is 20.7. The van der Waals surface area contributed by atoms with Crippen LogP contribution in [-0.4, -0.2) is 49.4 Å². The van der Waals surface area contributed by atoms with Crippen molar-refractivity contribution in [1.29, 1.82) is 0 Å². The number of nitrogens with one attached hydrogen (secondary N) is 2. The number of aryl methyl sites for hydroxylation is 1. The van der Waals surface area contributed by atoms with E-state index in [0.29, 0.717) is 38.3 Å². The normalized spacial score (nSPS) is 14.9. The van der Waals surface area contributed by atoms with Crippen LogP contribution in [0.5, 0.6) is 0 Å². The van der Waals surface area contributed by atoms with E-state index in [1.165, 1.54) is 18.2 Å². The van der Waals surface area contributed by atoms with Crippen LogP contribution in [0.4, 0.5) is 10.1 Å². The fraction of sp³-hybridized carbons (Fsp3) is 0.304. The summed E-state index contributed by atoms with van der Waals surface area (Å²) in [5.41, 5.74) is 2.38. The van der Waals surface area contributed by atoms with Gasteiger partial charge in [0.15, 0.2) is 6.54 Å². The van der Waals surface area contributed by atoms with E-state index in [9.17, 15) is 14.0 Å². The Bertz CT molecular complexity index is 889. The topological polar surface area (TPSA) is 53.9 Å². The van der Waals surface area contributed by atoms with Gasteiger partial charge in [0, 0.05) is 17.3 Å². The Labute approximate surface area is 170 Å². The molecule has 0 aliphatic carbocycles. The average Bonchev–Trinajstić information content (AvgIpc) is 2.74. The molecule has 0 unspecified atom stereocenters. The molecule has 29 heavy (non-hydrogen) atoms. The van der Waals surface area contributed by atoms with E-state index in [1.54, 1.807) is 23.1 Å². The number of para-hydroxylation sites is 1. The molecule has 1 heterocycles. The lowest BCUT2D eigenvalue weighted by atomic mass is 10.1. The number of anilines is 1. The second-order valence-electron chi connectivity index (χ2n) is 7.17. The van der Waals surface area contributed by atoms with Gasteiger partial charge in [-0.05, 0) is 30.2 Å². The van der Waals surface area contributed by atoms with Gasteiger partial charge in [-0.25, -0.2) is 4.39 Å². The summed E-state index contributed by atoms with van der Waals surface area (Å²) >= 11 is 0. The van der Waals surface area contributed by atoms with Gasteiger partial charge in [-0.2, -0.15) is 0 Å². The molecule has 0 spiro atoms. The van der Waals surface area contributed by atoms with Crippen molar-refractivity contribution in [2.45, 2.75) is 13.3 Å². The largest absolute Gasteiger partial charge is 0.328 e. The highest BCUT2D eigenvalue weighted by Crippen LogP contribution is 2.15. The van der Waals surface area contributed by atoms with Gasteiger partial charge in [-0.1, -0.05) is 43.3 Å². The Balaban J connectivity index is 1.47. The number of carbonyl (C=O) groups is 2. The van der Waals surface area contributed by atoms with Crippen molar-refractivity contribution in [3.63, 3.8) is 0 Å². The molecule has 1 aliphatic heterocycles. The summed E-state index contributed by atoms with van der Waals surface area (Å²) in [4.78, 5) is 27.6. The van der Waals surface area contributed by atoms with Crippen LogP contribution in [0.2, 0.25) is 0 Å². The van der Waals surface area contributed by atoms with Crippen molar-refractivity contribution in [2.24, 2.45) is 0 Å². The van der Waals surface area contributed by atoms with Crippen LogP contribution >= 0.6 is 0 Å². The summed E-state index contributed by atoms with van der Waals surface area (Å²) in [6.45, 7) is 5.02. The predicted octanol–water partition coefficient (Wildman–Crippen LogP) is 1.77. The van der Waals surface area contributed by atoms with Crippen LogP contribution in [0.15, 0.2) is 54.6 Å². The van der Waals surface area contributed by atoms with E-state index < -0.39 is 0 Å². The van der Waals surface area contributed by atoms with E-state index in [-0.39, 0.29) is 17.6 Å². The second kappa shape index (κ2) is 9.98. The van der Waals surface area contributed by atoms with Crippen LogP contribution in [0.1, 0.15) is 18.1 Å². The minimum Gasteiger partial charge on any atom is -0.328 e. The molecule has 2 N–H and O–H groups in total. The van der Waals surface area contributed by atoms with Gasteiger partial charge in [0.25, 0.3) is 5.91 Å². The van der Waals surface area contributed by atoms with Gasteiger partial charge in [0.05, 0.1) is 26.2 Å². The minimum atomic E-state index is -0.346. The Kier molecular flexibility index (Phi) is 7.14. The Morgan fingerprint density at radius 2 is 1.79 bits per heavy atom. The first-order valence-electron chi connectivity index (χ1n) is 9.99. The van der Waals surface area contributed by atoms with Crippen molar-refractivity contribution < 1.29 is 18.9 Å². The van der Waals surface area contributed by atoms with Crippen LogP contribution in [0.25, 0.3) is 6.08 Å². The summed E-state index contributed by atoms with van der Waals surface area (Å²) in [6, 6.07) is 14.2. The summed E-state index contributed by atoms with van der Waals surface area (Å²) in [6.07, 6.45) is 3.79. The molecule has 1 fully saturated rings. The van der Waals surface area contributed by atoms with Crippen LogP contribution < -0.4 is 10.2 Å². The molecule has 0 saturated carbocycles. The molecular weight excluding hydrogens is 369 g/mol. The maximum Gasteiger partial charge on any atom is 0.279 e. The summed E-state index contributed by atoms with van der Waals surface area (Å²) in [7, 11) is 0. The highest BCUT2D eigenvalue weighted by Gasteiger charge is 2.24. The minimum absolute atomic E-state index is 0.0138. The lowest BCUT2D eigenvalue weighted by Gasteiger charge is -2.31. The van der Waals surface area contributed by atoms with Crippen molar-refractivity contribution in [3.8, 4) is 0 Å². The number of amides is 2. The zero-order chi connectivity index (χ0) is 20.6. The van der Waals surface area contributed by atoms with Gasteiger partial charge in [0.2, 0.25) is 5.91 Å². The fourth-order valence-electron chi connectivity index (χ4n) is 3.47. The van der Waals surface area contributed by atoms with Gasteiger partial charge in [-0.3, -0.25) is 9.59 Å². The average molecular weight is 396 g/mol. The van der Waals surface area contributed by atoms with Crippen LogP contribution in [-0.2, 0) is 16.0 Å². The molecule has 2 amide bonds. The van der Waals surface area contributed by atoms with Crippen molar-refractivity contribution in [3.05, 3.63) is 71.6 Å². The van der Waals surface area contributed by atoms with Gasteiger partial charge in [-0.15, -0.1) is 0 Å². The number of benzene rings is 2. The molecular formula is C23H27FN3O2+. The van der Waals surface area contributed by atoms with Crippen molar-refractivity contribution in [2.75, 3.05) is 38.0 Å². The summed E-state index contributed by atoms with van der Waals surface area (Å²) in [5, 5.41) is 3.00. The maximum absolute atomic E-state index is 13.6. The lowest BCUT2D eigenvalue weighted by molar-refractivity contribution is -0.895. The van der Waals surface area contributed by atoms with E-state index in [4.69, 9.17) is 0 Å². The first-order chi connectivity index (χ1) is 14.1. The zero-order valence-corrected chi connectivity index (χ0v) is 16.7. The second-order valence-corrected chi connectivity index (χ2v) is 7.17. The standard InChI is InChI=1S/C23H26FN3O2/c1-2-18-7-4-6-10-21(18)25-22(28)17-26-13-15-27(16-14-26)23(29)12-11-19-8-3-5-9-20(19)24/h3-12H,2,13-17H2,1H3,(H,25,28)/p+1/b12-11+. The maximum atomic E-state index is 13.6. The number of rotatable bonds is 6. The predicted molar refractivity (Wildman–Crippen MR) is 112 cm³/mol. The van der Waals surface area contributed by atoms with E-state index in [1.807, 2.05) is 24.3 Å². The number of piperazine rings is 1. The lowest BCUT2D eigenvalue weighted by Crippen LogP contribution is -3.15. The third-order valence-electron chi connectivity index (χ3n) is 5.18. The molecule has 0 atom stereocenters. The third-order valence-corrected chi connectivity index (χ3v) is 5.18. The van der Waals surface area contributed by atoms with Crippen molar-refractivity contribution >= 4 is 23.6 Å². The SMILES string of the molecule is CCc1ccccc1NC(=O)C[NH+]1CCN(C(=O)/C=C/c2ccccc2F)CC1. The molecule has 2 aromatic rings. The molecule has 1 aliphatic rings.